The molecule has 2 atom stereocenters. The second-order valence-electron chi connectivity index (χ2n) is 8.42. The van der Waals surface area contributed by atoms with Crippen molar-refractivity contribution in [2.24, 2.45) is 0 Å². The number of rotatable bonds is 4. The number of ether oxygens (including phenoxy) is 1. The van der Waals surface area contributed by atoms with Gasteiger partial charge in [0.15, 0.2) is 0 Å². The van der Waals surface area contributed by atoms with Crippen LogP contribution >= 0.6 is 0 Å². The molecule has 1 aliphatic carbocycles. The first-order valence-corrected chi connectivity index (χ1v) is 9.72. The van der Waals surface area contributed by atoms with Gasteiger partial charge in [-0.3, -0.25) is 0 Å². The van der Waals surface area contributed by atoms with E-state index in [1.807, 2.05) is 25.7 Å². The van der Waals surface area contributed by atoms with Crippen molar-refractivity contribution in [2.75, 3.05) is 13.1 Å². The van der Waals surface area contributed by atoms with Gasteiger partial charge in [-0.1, -0.05) is 24.3 Å². The summed E-state index contributed by atoms with van der Waals surface area (Å²) in [6.45, 7) is 7.59. The molecule has 1 heterocycles. The van der Waals surface area contributed by atoms with E-state index in [2.05, 4.69) is 29.6 Å². The Kier molecular flexibility index (Phi) is 5.67. The molecule has 0 saturated carbocycles. The van der Waals surface area contributed by atoms with Gasteiger partial charge in [0.2, 0.25) is 0 Å². The van der Waals surface area contributed by atoms with Crippen LogP contribution in [0.4, 0.5) is 4.79 Å². The summed E-state index contributed by atoms with van der Waals surface area (Å²) in [5.41, 5.74) is 2.58. The van der Waals surface area contributed by atoms with Crippen LogP contribution in [-0.4, -0.2) is 41.8 Å². The van der Waals surface area contributed by atoms with E-state index in [4.69, 9.17) is 4.74 Å². The highest BCUT2D eigenvalue weighted by Crippen LogP contribution is 2.24. The number of likely N-dealkylation sites (tertiary alicyclic amines) is 1. The van der Waals surface area contributed by atoms with Gasteiger partial charge in [-0.2, -0.15) is 0 Å². The van der Waals surface area contributed by atoms with E-state index < -0.39 is 5.60 Å². The van der Waals surface area contributed by atoms with E-state index in [1.165, 1.54) is 24.0 Å². The smallest absolute Gasteiger partial charge is 0.410 e. The van der Waals surface area contributed by atoms with Crippen LogP contribution in [0.5, 0.6) is 0 Å². The summed E-state index contributed by atoms with van der Waals surface area (Å²) < 4.78 is 5.55. The lowest BCUT2D eigenvalue weighted by atomic mass is 9.88. The Bertz CT molecular complexity index is 594. The minimum Gasteiger partial charge on any atom is -0.444 e. The fourth-order valence-electron chi connectivity index (χ4n) is 4.02. The average molecular weight is 344 g/mol. The van der Waals surface area contributed by atoms with Crippen LogP contribution in [0.2, 0.25) is 0 Å². The number of nitrogens with one attached hydrogen (secondary N) is 1. The quantitative estimate of drug-likeness (QED) is 0.900. The maximum absolute atomic E-state index is 12.4. The lowest BCUT2D eigenvalue weighted by Gasteiger charge is -2.30. The minimum absolute atomic E-state index is 0.151. The number of benzene rings is 1. The van der Waals surface area contributed by atoms with Crippen molar-refractivity contribution in [2.45, 2.75) is 77.0 Å². The molecule has 1 aromatic carbocycles. The molecule has 0 spiro atoms. The predicted octanol–water partition coefficient (Wildman–Crippen LogP) is 3.92. The molecule has 0 bridgehead atoms. The van der Waals surface area contributed by atoms with Crippen LogP contribution in [0.15, 0.2) is 24.3 Å². The maximum atomic E-state index is 12.4. The maximum Gasteiger partial charge on any atom is 0.410 e. The third kappa shape index (κ3) is 4.97. The molecular formula is C21H32N2O2. The SMILES string of the molecule is CC(C)(C)OC(=O)N1CCCC1CCNC1CCc2ccccc2C1. The summed E-state index contributed by atoms with van der Waals surface area (Å²) in [4.78, 5) is 14.3. The van der Waals surface area contributed by atoms with Gasteiger partial charge in [-0.15, -0.1) is 0 Å². The van der Waals surface area contributed by atoms with E-state index in [0.29, 0.717) is 12.1 Å². The molecule has 1 fully saturated rings. The summed E-state index contributed by atoms with van der Waals surface area (Å²) in [5.74, 6) is 0. The van der Waals surface area contributed by atoms with Gasteiger partial charge >= 0.3 is 6.09 Å². The summed E-state index contributed by atoms with van der Waals surface area (Å²) >= 11 is 0. The molecule has 4 nitrogen and oxygen atoms in total. The zero-order valence-corrected chi connectivity index (χ0v) is 15.9. The zero-order chi connectivity index (χ0) is 17.9. The van der Waals surface area contributed by atoms with Gasteiger partial charge < -0.3 is 15.0 Å². The van der Waals surface area contributed by atoms with Gasteiger partial charge in [-0.25, -0.2) is 4.79 Å². The van der Waals surface area contributed by atoms with Gasteiger partial charge in [0.1, 0.15) is 5.60 Å². The lowest BCUT2D eigenvalue weighted by molar-refractivity contribution is 0.0220. The Hall–Kier alpha value is -1.55. The largest absolute Gasteiger partial charge is 0.444 e. The highest BCUT2D eigenvalue weighted by molar-refractivity contribution is 5.68. The number of hydrogen-bond acceptors (Lipinski definition) is 3. The zero-order valence-electron chi connectivity index (χ0n) is 15.9. The van der Waals surface area contributed by atoms with Gasteiger partial charge in [0.25, 0.3) is 0 Å². The molecule has 138 valence electrons. The number of aryl methyl sites for hydroxylation is 1. The average Bonchev–Trinajstić information content (AvgIpc) is 3.02. The van der Waals surface area contributed by atoms with Gasteiger partial charge in [-0.05, 0) is 77.0 Å². The summed E-state index contributed by atoms with van der Waals surface area (Å²) in [6, 6.07) is 9.66. The Morgan fingerprint density at radius 1 is 1.24 bits per heavy atom. The molecule has 0 radical (unpaired) electrons. The number of hydrogen-bond donors (Lipinski definition) is 1. The topological polar surface area (TPSA) is 41.6 Å². The molecule has 1 aromatic rings. The Labute approximate surface area is 151 Å². The number of amides is 1. The van der Waals surface area contributed by atoms with Crippen molar-refractivity contribution < 1.29 is 9.53 Å². The monoisotopic (exact) mass is 344 g/mol. The van der Waals surface area contributed by atoms with Crippen LogP contribution < -0.4 is 5.32 Å². The molecule has 0 aromatic heterocycles. The third-order valence-corrected chi connectivity index (χ3v) is 5.26. The first-order chi connectivity index (χ1) is 11.9. The lowest BCUT2D eigenvalue weighted by Crippen LogP contribution is -2.42. The first kappa shape index (κ1) is 18.2. The summed E-state index contributed by atoms with van der Waals surface area (Å²) in [5, 5.41) is 3.72. The van der Waals surface area contributed by atoms with Crippen molar-refractivity contribution in [3.63, 3.8) is 0 Å². The molecule has 25 heavy (non-hydrogen) atoms. The van der Waals surface area contributed by atoms with Crippen LogP contribution in [0.1, 0.15) is 57.6 Å². The molecule has 1 saturated heterocycles. The number of fused-ring (bicyclic) bond motifs is 1. The van der Waals surface area contributed by atoms with Crippen LogP contribution in [-0.2, 0) is 17.6 Å². The van der Waals surface area contributed by atoms with Crippen molar-refractivity contribution in [3.05, 3.63) is 35.4 Å². The molecule has 1 amide bonds. The van der Waals surface area contributed by atoms with Gasteiger partial charge in [0, 0.05) is 18.6 Å². The van der Waals surface area contributed by atoms with Crippen molar-refractivity contribution >= 4 is 6.09 Å². The normalized spacial score (nSPS) is 23.4. The van der Waals surface area contributed by atoms with E-state index in [-0.39, 0.29) is 6.09 Å². The minimum atomic E-state index is -0.419. The van der Waals surface area contributed by atoms with E-state index >= 15 is 0 Å². The summed E-state index contributed by atoms with van der Waals surface area (Å²) in [7, 11) is 0. The Balaban J connectivity index is 1.45. The summed E-state index contributed by atoms with van der Waals surface area (Å²) in [6.07, 6.45) is 6.53. The van der Waals surface area contributed by atoms with E-state index in [1.54, 1.807) is 0 Å². The van der Waals surface area contributed by atoms with Crippen LogP contribution in [0.3, 0.4) is 0 Å². The van der Waals surface area contributed by atoms with Crippen molar-refractivity contribution in [1.29, 1.82) is 0 Å². The van der Waals surface area contributed by atoms with Gasteiger partial charge in [0.05, 0.1) is 0 Å². The molecule has 1 aliphatic heterocycles. The molecule has 2 unspecified atom stereocenters. The predicted molar refractivity (Wildman–Crippen MR) is 101 cm³/mol. The molecule has 4 heteroatoms. The van der Waals surface area contributed by atoms with E-state index in [9.17, 15) is 4.79 Å². The third-order valence-electron chi connectivity index (χ3n) is 5.26. The molecule has 2 aliphatic rings. The Morgan fingerprint density at radius 3 is 2.76 bits per heavy atom. The fraction of sp³-hybridized carbons (Fsp3) is 0.667. The molecule has 3 rings (SSSR count). The second-order valence-corrected chi connectivity index (χ2v) is 8.42. The van der Waals surface area contributed by atoms with E-state index in [0.717, 1.165) is 38.8 Å². The second kappa shape index (κ2) is 7.77. The van der Waals surface area contributed by atoms with Crippen LogP contribution in [0, 0.1) is 0 Å². The number of carbonyl (C=O) groups is 1. The highest BCUT2D eigenvalue weighted by atomic mass is 16.6. The van der Waals surface area contributed by atoms with Crippen molar-refractivity contribution in [1.82, 2.24) is 10.2 Å². The number of carbonyl (C=O) groups excluding carboxylic acids is 1. The highest BCUT2D eigenvalue weighted by Gasteiger charge is 2.31. The number of nitrogens with zero attached hydrogens (tertiary/aromatic N) is 1. The first-order valence-electron chi connectivity index (χ1n) is 9.72. The molecule has 1 N–H and O–H groups in total. The fourth-order valence-corrected chi connectivity index (χ4v) is 4.02. The van der Waals surface area contributed by atoms with Crippen molar-refractivity contribution in [3.8, 4) is 0 Å². The molecular weight excluding hydrogens is 312 g/mol. The standard InChI is InChI=1S/C21H32N2O2/c1-21(2,3)25-20(24)23-14-6-9-19(23)12-13-22-18-11-10-16-7-4-5-8-17(16)15-18/h4-5,7-8,18-19,22H,6,9-15H2,1-3H3. The van der Waals surface area contributed by atoms with Crippen LogP contribution in [0.25, 0.3) is 0 Å². The Morgan fingerprint density at radius 2 is 2.00 bits per heavy atom.